The van der Waals surface area contributed by atoms with Crippen LogP contribution in [0.25, 0.3) is 0 Å². The molecule has 2 aliphatic heterocycles. The second kappa shape index (κ2) is 8.47. The second-order valence-corrected chi connectivity index (χ2v) is 7.47. The van der Waals surface area contributed by atoms with E-state index >= 15 is 0 Å². The Kier molecular flexibility index (Phi) is 5.62. The van der Waals surface area contributed by atoms with E-state index in [1.807, 2.05) is 24.3 Å². The van der Waals surface area contributed by atoms with Crippen molar-refractivity contribution in [2.45, 2.75) is 24.3 Å². The van der Waals surface area contributed by atoms with Crippen LogP contribution in [0.3, 0.4) is 0 Å². The lowest BCUT2D eigenvalue weighted by molar-refractivity contribution is -0.113. The molecule has 1 saturated heterocycles. The summed E-state index contributed by atoms with van der Waals surface area (Å²) in [6.07, 6.45) is 3.70. The van der Waals surface area contributed by atoms with E-state index in [2.05, 4.69) is 20.4 Å². The van der Waals surface area contributed by atoms with Gasteiger partial charge in [-0.05, 0) is 43.5 Å². The summed E-state index contributed by atoms with van der Waals surface area (Å²) in [5.74, 6) is 2.45. The Hall–Kier alpha value is -2.48. The molecule has 1 amide bonds. The molecule has 7 nitrogen and oxygen atoms in total. The molecule has 0 aliphatic carbocycles. The van der Waals surface area contributed by atoms with Crippen molar-refractivity contribution in [3.63, 3.8) is 0 Å². The van der Waals surface area contributed by atoms with Gasteiger partial charge in [0, 0.05) is 24.8 Å². The zero-order valence-electron chi connectivity index (χ0n) is 15.0. The highest BCUT2D eigenvalue weighted by atomic mass is 32.2. The number of hydrogen-bond donors (Lipinski definition) is 1. The minimum atomic E-state index is -0.0985. The number of fused-ring (bicyclic) bond motifs is 1. The van der Waals surface area contributed by atoms with Gasteiger partial charge in [-0.1, -0.05) is 11.8 Å². The number of nitrogens with one attached hydrogen (secondary N) is 1. The number of carbonyl (C=O) groups excluding carboxylic acids is 1. The molecule has 0 radical (unpaired) electrons. The molecule has 0 spiro atoms. The van der Waals surface area contributed by atoms with Crippen molar-refractivity contribution in [3.05, 3.63) is 30.3 Å². The summed E-state index contributed by atoms with van der Waals surface area (Å²) >= 11 is 1.37. The lowest BCUT2D eigenvalue weighted by atomic mass is 10.1. The summed E-state index contributed by atoms with van der Waals surface area (Å²) in [7, 11) is 0. The summed E-state index contributed by atoms with van der Waals surface area (Å²) in [5, 5.41) is 12.2. The third kappa shape index (κ3) is 4.63. The van der Waals surface area contributed by atoms with Crippen LogP contribution in [0.4, 0.5) is 11.5 Å². The van der Waals surface area contributed by atoms with Crippen LogP contribution in [0.5, 0.6) is 11.5 Å². The quantitative estimate of drug-likeness (QED) is 0.792. The maximum atomic E-state index is 12.2. The first-order valence-electron chi connectivity index (χ1n) is 9.19. The molecule has 142 valence electrons. The van der Waals surface area contributed by atoms with E-state index in [-0.39, 0.29) is 11.7 Å². The highest BCUT2D eigenvalue weighted by Crippen LogP contribution is 2.32. The zero-order chi connectivity index (χ0) is 18.5. The molecule has 1 aromatic heterocycles. The minimum absolute atomic E-state index is 0.0985. The lowest BCUT2D eigenvalue weighted by Gasteiger charge is -2.27. The van der Waals surface area contributed by atoms with Gasteiger partial charge in [0.2, 0.25) is 5.91 Å². The third-order valence-corrected chi connectivity index (χ3v) is 5.40. The maximum absolute atomic E-state index is 12.2. The average molecular weight is 386 g/mol. The average Bonchev–Trinajstić information content (AvgIpc) is 2.73. The molecular formula is C19H22N4O3S. The minimum Gasteiger partial charge on any atom is -0.486 e. The predicted octanol–water partition coefficient (Wildman–Crippen LogP) is 2.97. The summed E-state index contributed by atoms with van der Waals surface area (Å²) in [6, 6.07) is 9.31. The number of benzene rings is 1. The molecule has 4 rings (SSSR count). The first-order chi connectivity index (χ1) is 13.3. The molecule has 8 heteroatoms. The van der Waals surface area contributed by atoms with Crippen molar-refractivity contribution in [2.24, 2.45) is 0 Å². The van der Waals surface area contributed by atoms with E-state index in [4.69, 9.17) is 9.47 Å². The number of anilines is 2. The molecule has 2 aromatic rings. The first kappa shape index (κ1) is 17.9. The van der Waals surface area contributed by atoms with Crippen LogP contribution < -0.4 is 19.7 Å². The third-order valence-electron chi connectivity index (χ3n) is 4.48. The fourth-order valence-corrected chi connectivity index (χ4v) is 3.75. The number of amides is 1. The largest absolute Gasteiger partial charge is 0.486 e. The highest BCUT2D eigenvalue weighted by Gasteiger charge is 2.14. The van der Waals surface area contributed by atoms with Crippen LogP contribution in [0.2, 0.25) is 0 Å². The van der Waals surface area contributed by atoms with Gasteiger partial charge in [-0.25, -0.2) is 0 Å². The van der Waals surface area contributed by atoms with E-state index in [0.29, 0.717) is 30.4 Å². The molecule has 0 saturated carbocycles. The molecule has 27 heavy (non-hydrogen) atoms. The van der Waals surface area contributed by atoms with Crippen LogP contribution in [0.15, 0.2) is 35.4 Å². The number of hydrogen-bond acceptors (Lipinski definition) is 7. The molecule has 0 unspecified atom stereocenters. The van der Waals surface area contributed by atoms with Crippen molar-refractivity contribution in [2.75, 3.05) is 42.3 Å². The molecule has 2 aliphatic rings. The van der Waals surface area contributed by atoms with E-state index in [0.717, 1.165) is 23.9 Å². The van der Waals surface area contributed by atoms with E-state index in [9.17, 15) is 4.79 Å². The topological polar surface area (TPSA) is 76.6 Å². The fourth-order valence-electron chi connectivity index (χ4n) is 3.14. The van der Waals surface area contributed by atoms with Crippen molar-refractivity contribution in [3.8, 4) is 11.5 Å². The molecule has 1 fully saturated rings. The molecule has 0 atom stereocenters. The zero-order valence-corrected chi connectivity index (χ0v) is 15.8. The Balaban J connectivity index is 1.28. The standard InChI is InChI=1S/C19H22N4O3S/c24-18(20-14-4-5-15-16(12-14)26-11-10-25-15)13-27-19-7-6-17(21-22-19)23-8-2-1-3-9-23/h4-7,12H,1-3,8-11,13H2,(H,20,24). The predicted molar refractivity (Wildman–Crippen MR) is 105 cm³/mol. The van der Waals surface area contributed by atoms with Crippen molar-refractivity contribution in [1.82, 2.24) is 10.2 Å². The molecule has 1 aromatic carbocycles. The lowest BCUT2D eigenvalue weighted by Crippen LogP contribution is -2.30. The number of piperidine rings is 1. The van der Waals surface area contributed by atoms with Crippen LogP contribution in [-0.2, 0) is 4.79 Å². The van der Waals surface area contributed by atoms with Gasteiger partial charge in [0.05, 0.1) is 5.75 Å². The summed E-state index contributed by atoms with van der Waals surface area (Å²) < 4.78 is 11.0. The molecular weight excluding hydrogens is 364 g/mol. The Morgan fingerprint density at radius 2 is 1.85 bits per heavy atom. The van der Waals surface area contributed by atoms with E-state index in [1.54, 1.807) is 6.07 Å². The Morgan fingerprint density at radius 3 is 2.63 bits per heavy atom. The van der Waals surface area contributed by atoms with Gasteiger partial charge >= 0.3 is 0 Å². The van der Waals surface area contributed by atoms with E-state index in [1.165, 1.54) is 31.0 Å². The van der Waals surface area contributed by atoms with E-state index < -0.39 is 0 Å². The number of ether oxygens (including phenoxy) is 2. The number of carbonyl (C=O) groups is 1. The summed E-state index contributed by atoms with van der Waals surface area (Å²) in [4.78, 5) is 14.5. The first-order valence-corrected chi connectivity index (χ1v) is 10.2. The maximum Gasteiger partial charge on any atom is 0.234 e. The van der Waals surface area contributed by atoms with Crippen LogP contribution in [0.1, 0.15) is 19.3 Å². The number of nitrogens with zero attached hydrogens (tertiary/aromatic N) is 3. The van der Waals surface area contributed by atoms with Gasteiger partial charge in [0.15, 0.2) is 17.3 Å². The smallest absolute Gasteiger partial charge is 0.234 e. The Bertz CT molecular complexity index is 794. The van der Waals surface area contributed by atoms with Gasteiger partial charge in [-0.15, -0.1) is 10.2 Å². The van der Waals surface area contributed by atoms with Crippen molar-refractivity contribution < 1.29 is 14.3 Å². The molecule has 0 bridgehead atoms. The normalized spacial score (nSPS) is 16.1. The highest BCUT2D eigenvalue weighted by molar-refractivity contribution is 7.99. The van der Waals surface area contributed by atoms with Crippen molar-refractivity contribution >= 4 is 29.2 Å². The number of aromatic nitrogens is 2. The van der Waals surface area contributed by atoms with Gasteiger partial charge in [-0.2, -0.15) is 0 Å². The van der Waals surface area contributed by atoms with Gasteiger partial charge < -0.3 is 19.7 Å². The van der Waals surface area contributed by atoms with Crippen LogP contribution in [0, 0.1) is 0 Å². The Labute approximate surface area is 162 Å². The SMILES string of the molecule is O=C(CSc1ccc(N2CCCCC2)nn1)Nc1ccc2c(c1)OCCO2. The van der Waals surface area contributed by atoms with Gasteiger partial charge in [0.1, 0.15) is 18.2 Å². The summed E-state index contributed by atoms with van der Waals surface area (Å²) in [5.41, 5.74) is 0.691. The van der Waals surface area contributed by atoms with Crippen LogP contribution in [-0.4, -0.2) is 48.2 Å². The fraction of sp³-hybridized carbons (Fsp3) is 0.421. The number of rotatable bonds is 5. The van der Waals surface area contributed by atoms with Crippen LogP contribution >= 0.6 is 11.8 Å². The van der Waals surface area contributed by atoms with Crippen molar-refractivity contribution in [1.29, 1.82) is 0 Å². The second-order valence-electron chi connectivity index (χ2n) is 6.47. The monoisotopic (exact) mass is 386 g/mol. The Morgan fingerprint density at radius 1 is 1.04 bits per heavy atom. The number of thioether (sulfide) groups is 1. The molecule has 3 heterocycles. The van der Waals surface area contributed by atoms with Gasteiger partial charge in [-0.3, -0.25) is 4.79 Å². The summed E-state index contributed by atoms with van der Waals surface area (Å²) in [6.45, 7) is 3.15. The molecule has 1 N–H and O–H groups in total. The van der Waals surface area contributed by atoms with Gasteiger partial charge in [0.25, 0.3) is 0 Å².